The summed E-state index contributed by atoms with van der Waals surface area (Å²) in [4.78, 5) is 25.0. The Bertz CT molecular complexity index is 958. The van der Waals surface area contributed by atoms with Gasteiger partial charge in [0, 0.05) is 18.9 Å². The lowest BCUT2D eigenvalue weighted by Gasteiger charge is -2.30. The molecule has 6 nitrogen and oxygen atoms in total. The molecule has 1 aliphatic carbocycles. The molecule has 162 valence electrons. The molecule has 1 aromatic heterocycles. The van der Waals surface area contributed by atoms with Gasteiger partial charge in [0.15, 0.2) is 0 Å². The van der Waals surface area contributed by atoms with Crippen LogP contribution in [0.25, 0.3) is 0 Å². The number of carbonyl (C=O) groups is 2. The monoisotopic (exact) mass is 423 g/mol. The summed E-state index contributed by atoms with van der Waals surface area (Å²) in [5.74, 6) is -6.87. The molecule has 0 unspecified atom stereocenters. The highest BCUT2D eigenvalue weighted by Crippen LogP contribution is 2.33. The van der Waals surface area contributed by atoms with E-state index in [1.165, 1.54) is 38.4 Å². The van der Waals surface area contributed by atoms with E-state index in [4.69, 9.17) is 0 Å². The number of benzene rings is 1. The molecule has 0 spiro atoms. The summed E-state index contributed by atoms with van der Waals surface area (Å²) < 4.78 is 44.5. The van der Waals surface area contributed by atoms with E-state index in [-0.39, 0.29) is 16.8 Å². The van der Waals surface area contributed by atoms with Crippen LogP contribution in [0.15, 0.2) is 30.5 Å². The summed E-state index contributed by atoms with van der Waals surface area (Å²) in [5.41, 5.74) is -0.603. The van der Waals surface area contributed by atoms with Crippen molar-refractivity contribution in [2.75, 3.05) is 5.32 Å². The van der Waals surface area contributed by atoms with E-state index >= 15 is 8.78 Å². The first-order chi connectivity index (χ1) is 14.1. The van der Waals surface area contributed by atoms with Gasteiger partial charge in [-0.05, 0) is 49.6 Å². The van der Waals surface area contributed by atoms with E-state index in [9.17, 15) is 19.1 Å². The van der Waals surface area contributed by atoms with Crippen molar-refractivity contribution < 1.29 is 27.9 Å². The number of nitrogens with one attached hydrogen (secondary N) is 2. The van der Waals surface area contributed by atoms with E-state index in [1.54, 1.807) is 0 Å². The molecule has 2 aromatic rings. The van der Waals surface area contributed by atoms with Crippen LogP contribution in [0.1, 0.15) is 47.3 Å². The van der Waals surface area contributed by atoms with E-state index in [2.05, 4.69) is 10.6 Å². The van der Waals surface area contributed by atoms with Crippen LogP contribution in [0.5, 0.6) is 0 Å². The highest BCUT2D eigenvalue weighted by atomic mass is 19.3. The average molecular weight is 423 g/mol. The van der Waals surface area contributed by atoms with Gasteiger partial charge in [-0.15, -0.1) is 0 Å². The minimum atomic E-state index is -4.00. The number of hydrogen-bond acceptors (Lipinski definition) is 3. The maximum atomic E-state index is 15.1. The molecule has 0 radical (unpaired) electrons. The zero-order valence-electron chi connectivity index (χ0n) is 16.7. The van der Waals surface area contributed by atoms with Crippen LogP contribution in [0, 0.1) is 12.7 Å². The Kier molecular flexibility index (Phi) is 6.21. The predicted octanol–water partition coefficient (Wildman–Crippen LogP) is 3.24. The predicted molar refractivity (Wildman–Crippen MR) is 105 cm³/mol. The van der Waals surface area contributed by atoms with Crippen LogP contribution >= 0.6 is 0 Å². The van der Waals surface area contributed by atoms with Crippen molar-refractivity contribution in [1.82, 2.24) is 9.88 Å². The number of anilines is 1. The topological polar surface area (TPSA) is 83.4 Å². The molecule has 30 heavy (non-hydrogen) atoms. The van der Waals surface area contributed by atoms with Gasteiger partial charge in [0.05, 0.1) is 17.7 Å². The molecule has 0 saturated heterocycles. The zero-order valence-corrected chi connectivity index (χ0v) is 16.7. The van der Waals surface area contributed by atoms with E-state index < -0.39 is 41.4 Å². The Morgan fingerprint density at radius 3 is 2.57 bits per heavy atom. The molecular weight excluding hydrogens is 399 g/mol. The van der Waals surface area contributed by atoms with Crippen LogP contribution < -0.4 is 10.6 Å². The zero-order chi connectivity index (χ0) is 22.1. The quantitative estimate of drug-likeness (QED) is 0.691. The minimum absolute atomic E-state index is 0.242. The van der Waals surface area contributed by atoms with Gasteiger partial charge in [0.1, 0.15) is 11.5 Å². The van der Waals surface area contributed by atoms with Crippen molar-refractivity contribution in [3.05, 3.63) is 53.1 Å². The van der Waals surface area contributed by atoms with Crippen molar-refractivity contribution in [1.29, 1.82) is 0 Å². The second-order valence-corrected chi connectivity index (χ2v) is 7.61. The fraction of sp³-hybridized carbons (Fsp3) is 0.429. The standard InChI is InChI=1S/C21H24F3N3O3/c1-12-11-13(7-8-15(12)22)25-19(29)14-9-10-27(2)18(14)21(23,24)20(30)26-16-5-3-4-6-17(16)28/h7-11,16-17,28H,3-6H2,1-2H3,(H,25,29)(H,26,30)/t16-,17-/m1/s1. The van der Waals surface area contributed by atoms with Gasteiger partial charge < -0.3 is 20.3 Å². The lowest BCUT2D eigenvalue weighted by Crippen LogP contribution is -2.50. The molecule has 1 fully saturated rings. The number of carbonyl (C=O) groups excluding carboxylic acids is 2. The molecule has 1 aliphatic rings. The Labute approximate surface area is 172 Å². The molecular formula is C21H24F3N3O3. The highest BCUT2D eigenvalue weighted by molar-refractivity contribution is 6.06. The van der Waals surface area contributed by atoms with Gasteiger partial charge >= 0.3 is 5.92 Å². The molecule has 1 heterocycles. The maximum Gasteiger partial charge on any atom is 0.364 e. The maximum absolute atomic E-state index is 15.1. The third-order valence-electron chi connectivity index (χ3n) is 5.36. The number of aliphatic hydroxyl groups is 1. The van der Waals surface area contributed by atoms with Crippen molar-refractivity contribution in [3.63, 3.8) is 0 Å². The van der Waals surface area contributed by atoms with Gasteiger partial charge in [0.2, 0.25) is 0 Å². The number of aryl methyl sites for hydroxylation is 2. The van der Waals surface area contributed by atoms with E-state index in [1.807, 2.05) is 0 Å². The lowest BCUT2D eigenvalue weighted by molar-refractivity contribution is -0.150. The molecule has 0 aliphatic heterocycles. The Morgan fingerprint density at radius 2 is 1.90 bits per heavy atom. The summed E-state index contributed by atoms with van der Waals surface area (Å²) in [6.45, 7) is 1.51. The Balaban J connectivity index is 1.83. The van der Waals surface area contributed by atoms with Crippen LogP contribution in [-0.4, -0.2) is 33.6 Å². The first-order valence-corrected chi connectivity index (χ1v) is 9.71. The fourth-order valence-corrected chi connectivity index (χ4v) is 3.67. The number of amides is 2. The van der Waals surface area contributed by atoms with Crippen molar-refractivity contribution >= 4 is 17.5 Å². The number of nitrogens with zero attached hydrogens (tertiary/aromatic N) is 1. The first kappa shape index (κ1) is 21.9. The van der Waals surface area contributed by atoms with Crippen molar-refractivity contribution in [3.8, 4) is 0 Å². The number of hydrogen-bond donors (Lipinski definition) is 3. The normalized spacial score (nSPS) is 19.4. The minimum Gasteiger partial charge on any atom is -0.391 e. The summed E-state index contributed by atoms with van der Waals surface area (Å²) in [6, 6.07) is 4.30. The molecule has 2 atom stereocenters. The van der Waals surface area contributed by atoms with E-state index in [0.717, 1.165) is 23.5 Å². The largest absolute Gasteiger partial charge is 0.391 e. The summed E-state index contributed by atoms with van der Waals surface area (Å²) in [5, 5.41) is 14.6. The smallest absolute Gasteiger partial charge is 0.364 e. The van der Waals surface area contributed by atoms with Gasteiger partial charge in [-0.2, -0.15) is 8.78 Å². The van der Waals surface area contributed by atoms with Gasteiger partial charge in [0.25, 0.3) is 11.8 Å². The highest BCUT2D eigenvalue weighted by Gasteiger charge is 2.47. The number of rotatable bonds is 5. The van der Waals surface area contributed by atoms with Crippen molar-refractivity contribution in [2.24, 2.45) is 7.05 Å². The second-order valence-electron chi connectivity index (χ2n) is 7.61. The van der Waals surface area contributed by atoms with Crippen LogP contribution in [-0.2, 0) is 17.8 Å². The Morgan fingerprint density at radius 1 is 1.20 bits per heavy atom. The number of aliphatic hydroxyl groups excluding tert-OH is 1. The molecule has 2 amide bonds. The number of aromatic nitrogens is 1. The Hall–Kier alpha value is -2.81. The lowest BCUT2D eigenvalue weighted by atomic mass is 9.92. The second kappa shape index (κ2) is 8.51. The molecule has 9 heteroatoms. The summed E-state index contributed by atoms with van der Waals surface area (Å²) in [7, 11) is 1.31. The molecule has 1 saturated carbocycles. The van der Waals surface area contributed by atoms with Gasteiger partial charge in [-0.3, -0.25) is 9.59 Å². The summed E-state index contributed by atoms with van der Waals surface area (Å²) >= 11 is 0. The van der Waals surface area contributed by atoms with Crippen molar-refractivity contribution in [2.45, 2.75) is 50.7 Å². The van der Waals surface area contributed by atoms with Gasteiger partial charge in [-0.25, -0.2) is 4.39 Å². The molecule has 0 bridgehead atoms. The van der Waals surface area contributed by atoms with Crippen LogP contribution in [0.4, 0.5) is 18.9 Å². The van der Waals surface area contributed by atoms with Gasteiger partial charge in [-0.1, -0.05) is 12.8 Å². The fourth-order valence-electron chi connectivity index (χ4n) is 3.67. The summed E-state index contributed by atoms with van der Waals surface area (Å²) in [6.07, 6.45) is 2.73. The third kappa shape index (κ3) is 4.35. The average Bonchev–Trinajstić information content (AvgIpc) is 3.09. The number of alkyl halides is 2. The van der Waals surface area contributed by atoms with E-state index in [0.29, 0.717) is 12.8 Å². The molecule has 3 N–H and O–H groups in total. The SMILES string of the molecule is Cc1cc(NC(=O)c2ccn(C)c2C(F)(F)C(=O)N[C@@H]2CCCC[C@H]2O)ccc1F. The molecule has 3 rings (SSSR count). The third-order valence-corrected chi connectivity index (χ3v) is 5.36. The number of halogens is 3. The molecule has 1 aromatic carbocycles. The first-order valence-electron chi connectivity index (χ1n) is 9.71. The van der Waals surface area contributed by atoms with Crippen LogP contribution in [0.2, 0.25) is 0 Å². The van der Waals surface area contributed by atoms with Crippen LogP contribution in [0.3, 0.4) is 0 Å².